The smallest absolute Gasteiger partial charge is 0.311 e. The lowest BCUT2D eigenvalue weighted by molar-refractivity contribution is -0.209. The number of carbonyl (C=O) groups is 1. The van der Waals surface area contributed by atoms with Crippen LogP contribution >= 0.6 is 0 Å². The summed E-state index contributed by atoms with van der Waals surface area (Å²) in [6.07, 6.45) is 9.67. The number of rotatable bonds is 4. The van der Waals surface area contributed by atoms with Crippen LogP contribution in [0.5, 0.6) is 0 Å². The molecule has 0 aromatic heterocycles. The van der Waals surface area contributed by atoms with E-state index in [1.54, 1.807) is 0 Å². The molecule has 0 aromatic carbocycles. The van der Waals surface area contributed by atoms with Crippen LogP contribution in [0.2, 0.25) is 0 Å². The van der Waals surface area contributed by atoms with Gasteiger partial charge < -0.3 is 14.6 Å². The van der Waals surface area contributed by atoms with E-state index >= 15 is 0 Å². The van der Waals surface area contributed by atoms with Crippen molar-refractivity contribution in [3.63, 3.8) is 0 Å². The van der Waals surface area contributed by atoms with Gasteiger partial charge in [-0.05, 0) is 51.4 Å². The van der Waals surface area contributed by atoms with E-state index in [2.05, 4.69) is 0 Å². The highest BCUT2D eigenvalue weighted by Crippen LogP contribution is 2.50. The van der Waals surface area contributed by atoms with Crippen molar-refractivity contribution in [1.82, 2.24) is 0 Å². The third-order valence-corrected chi connectivity index (χ3v) is 6.08. The van der Waals surface area contributed by atoms with Gasteiger partial charge in [-0.1, -0.05) is 12.2 Å². The maximum absolute atomic E-state index is 12.3. The number of fused-ring (bicyclic) bond motifs is 4. The molecular formula is C17H24O4. The molecule has 3 saturated carbocycles. The molecule has 0 aliphatic heterocycles. The molecule has 0 radical (unpaired) electrons. The molecule has 116 valence electrons. The molecule has 1 N–H and O–H groups in total. The van der Waals surface area contributed by atoms with Crippen molar-refractivity contribution in [2.45, 2.75) is 63.4 Å². The highest BCUT2D eigenvalue weighted by molar-refractivity contribution is 5.74. The monoisotopic (exact) mass is 292 g/mol. The molecule has 4 bridgehead atoms. The normalized spacial score (nSPS) is 48.0. The van der Waals surface area contributed by atoms with Crippen LogP contribution in [0.15, 0.2) is 12.2 Å². The lowest BCUT2D eigenvalue weighted by Gasteiger charge is -2.31. The number of hydrogen-bond acceptors (Lipinski definition) is 4. The summed E-state index contributed by atoms with van der Waals surface area (Å²) in [6.45, 7) is 1.83. The van der Waals surface area contributed by atoms with Gasteiger partial charge in [0.1, 0.15) is 0 Å². The fourth-order valence-corrected chi connectivity index (χ4v) is 5.01. The van der Waals surface area contributed by atoms with Crippen LogP contribution in [0.25, 0.3) is 0 Å². The topological polar surface area (TPSA) is 55.8 Å². The lowest BCUT2D eigenvalue weighted by atomic mass is 9.93. The van der Waals surface area contributed by atoms with Crippen LogP contribution < -0.4 is 0 Å². The summed E-state index contributed by atoms with van der Waals surface area (Å²) >= 11 is 0. The van der Waals surface area contributed by atoms with Gasteiger partial charge in [0, 0.05) is 11.8 Å². The standard InChI is InChI=1S/C17H24O4/c1-10(21-17-6-4-11(9-17)5-7-17)20-16(19)14-8-12-2-3-13(14)15(12)18/h2-3,10-15,18H,4-9H2,1H3. The van der Waals surface area contributed by atoms with E-state index in [4.69, 9.17) is 9.47 Å². The van der Waals surface area contributed by atoms with Crippen molar-refractivity contribution in [3.8, 4) is 0 Å². The van der Waals surface area contributed by atoms with Crippen LogP contribution in [0.4, 0.5) is 0 Å². The average molecular weight is 292 g/mol. The van der Waals surface area contributed by atoms with Gasteiger partial charge in [-0.3, -0.25) is 4.79 Å². The van der Waals surface area contributed by atoms with E-state index in [-0.39, 0.29) is 29.3 Å². The molecule has 5 unspecified atom stereocenters. The molecule has 0 heterocycles. The highest BCUT2D eigenvalue weighted by atomic mass is 16.7. The summed E-state index contributed by atoms with van der Waals surface area (Å²) in [6, 6.07) is 0. The van der Waals surface area contributed by atoms with Gasteiger partial charge in [-0.2, -0.15) is 0 Å². The number of aliphatic hydroxyl groups is 1. The number of esters is 1. The maximum Gasteiger partial charge on any atom is 0.311 e. The van der Waals surface area contributed by atoms with Crippen molar-refractivity contribution in [3.05, 3.63) is 12.2 Å². The Morgan fingerprint density at radius 3 is 2.62 bits per heavy atom. The van der Waals surface area contributed by atoms with Crippen LogP contribution in [0.1, 0.15) is 45.4 Å². The fraction of sp³-hybridized carbons (Fsp3) is 0.824. The first kappa shape index (κ1) is 13.8. The molecule has 0 amide bonds. The van der Waals surface area contributed by atoms with Gasteiger partial charge in [0.05, 0.1) is 17.6 Å². The van der Waals surface area contributed by atoms with Crippen molar-refractivity contribution >= 4 is 5.97 Å². The Bertz CT molecular complexity index is 463. The van der Waals surface area contributed by atoms with Crippen molar-refractivity contribution in [2.75, 3.05) is 0 Å². The van der Waals surface area contributed by atoms with Crippen LogP contribution in [0, 0.1) is 23.7 Å². The molecule has 4 nitrogen and oxygen atoms in total. The molecule has 4 heteroatoms. The summed E-state index contributed by atoms with van der Waals surface area (Å²) in [5.74, 6) is 0.488. The molecule has 0 aromatic rings. The summed E-state index contributed by atoms with van der Waals surface area (Å²) in [5.41, 5.74) is -0.0293. The minimum atomic E-state index is -0.477. The Balaban J connectivity index is 1.34. The molecule has 4 rings (SSSR count). The first-order chi connectivity index (χ1) is 10.1. The van der Waals surface area contributed by atoms with Gasteiger partial charge in [0.15, 0.2) is 0 Å². The Kier molecular flexibility index (Phi) is 3.16. The Hall–Kier alpha value is -0.870. The van der Waals surface area contributed by atoms with Crippen molar-refractivity contribution < 1.29 is 19.4 Å². The molecular weight excluding hydrogens is 268 g/mol. The first-order valence-corrected chi connectivity index (χ1v) is 8.31. The van der Waals surface area contributed by atoms with Gasteiger partial charge in [0.25, 0.3) is 0 Å². The zero-order valence-corrected chi connectivity index (χ0v) is 12.5. The first-order valence-electron chi connectivity index (χ1n) is 8.31. The van der Waals surface area contributed by atoms with E-state index in [1.165, 1.54) is 12.8 Å². The second kappa shape index (κ2) is 4.82. The molecule has 4 aliphatic rings. The lowest BCUT2D eigenvalue weighted by Crippen LogP contribution is -2.35. The Labute approximate surface area is 125 Å². The van der Waals surface area contributed by atoms with E-state index < -0.39 is 12.4 Å². The Morgan fingerprint density at radius 1 is 1.33 bits per heavy atom. The van der Waals surface area contributed by atoms with Crippen LogP contribution in [0.3, 0.4) is 0 Å². The summed E-state index contributed by atoms with van der Waals surface area (Å²) in [4.78, 5) is 12.3. The predicted octanol–water partition coefficient (Wildman–Crippen LogP) is 2.41. The highest BCUT2D eigenvalue weighted by Gasteiger charge is 2.49. The molecule has 3 fully saturated rings. The second-order valence-electron chi connectivity index (χ2n) is 7.41. The summed E-state index contributed by atoms with van der Waals surface area (Å²) in [5, 5.41) is 10.00. The van der Waals surface area contributed by atoms with E-state index in [0.29, 0.717) is 6.42 Å². The van der Waals surface area contributed by atoms with E-state index in [0.717, 1.165) is 25.2 Å². The quantitative estimate of drug-likeness (QED) is 0.491. The zero-order valence-electron chi connectivity index (χ0n) is 12.5. The SMILES string of the molecule is CC(OC(=O)C1CC2C=CC1C2O)OC12CCC(CC1)C2. The van der Waals surface area contributed by atoms with Crippen LogP contribution in [-0.4, -0.2) is 29.1 Å². The fourth-order valence-electron chi connectivity index (χ4n) is 5.01. The molecule has 5 atom stereocenters. The molecule has 4 aliphatic carbocycles. The summed E-state index contributed by atoms with van der Waals surface area (Å²) in [7, 11) is 0. The molecule has 21 heavy (non-hydrogen) atoms. The van der Waals surface area contributed by atoms with Gasteiger partial charge in [-0.15, -0.1) is 0 Å². The second-order valence-corrected chi connectivity index (χ2v) is 7.41. The third-order valence-electron chi connectivity index (χ3n) is 6.08. The average Bonchev–Trinajstić information content (AvgIpc) is 3.19. The van der Waals surface area contributed by atoms with Crippen molar-refractivity contribution in [2.24, 2.45) is 23.7 Å². The van der Waals surface area contributed by atoms with E-state index in [1.807, 2.05) is 19.1 Å². The third kappa shape index (κ3) is 2.23. The van der Waals surface area contributed by atoms with Crippen LogP contribution in [-0.2, 0) is 14.3 Å². The van der Waals surface area contributed by atoms with Crippen molar-refractivity contribution in [1.29, 1.82) is 0 Å². The molecule has 0 spiro atoms. The Morgan fingerprint density at radius 2 is 2.10 bits per heavy atom. The van der Waals surface area contributed by atoms with Gasteiger partial charge in [0.2, 0.25) is 6.29 Å². The number of carbonyl (C=O) groups excluding carboxylic acids is 1. The minimum absolute atomic E-state index is 0.0293. The number of aliphatic hydroxyl groups excluding tert-OH is 1. The summed E-state index contributed by atoms with van der Waals surface area (Å²) < 4.78 is 11.6. The largest absolute Gasteiger partial charge is 0.436 e. The molecule has 0 saturated heterocycles. The number of ether oxygens (including phenoxy) is 2. The van der Waals surface area contributed by atoms with Gasteiger partial charge >= 0.3 is 5.97 Å². The minimum Gasteiger partial charge on any atom is -0.436 e. The van der Waals surface area contributed by atoms with E-state index in [9.17, 15) is 9.90 Å². The predicted molar refractivity (Wildman–Crippen MR) is 76.2 cm³/mol. The zero-order chi connectivity index (χ0) is 14.6. The van der Waals surface area contributed by atoms with Gasteiger partial charge in [-0.25, -0.2) is 0 Å². The maximum atomic E-state index is 12.3. The number of hydrogen-bond donors (Lipinski definition) is 1.